The van der Waals surface area contributed by atoms with Gasteiger partial charge in [-0.15, -0.1) is 0 Å². The second kappa shape index (κ2) is 30.7. The number of benzene rings is 2. The number of rotatable bonds is 31. The summed E-state index contributed by atoms with van der Waals surface area (Å²) in [6.07, 6.45) is 1.96. The fourth-order valence-electron chi connectivity index (χ4n) is 7.37. The lowest BCUT2D eigenvalue weighted by Crippen LogP contribution is -2.59. The molecular weight excluding hydrogens is 871 g/mol. The Hall–Kier alpha value is -5.59. The lowest BCUT2D eigenvalue weighted by molar-refractivity contribution is -0.135. The SMILES string of the molecule is CCN(CC)CCCCC(NC(=O)C(CC(C)C)NC(=O)C(C)NC(=O)C(Cc1ccccc1)NC(=O)c1ccc(C(C)(C)C)cc1)C(=O)NC(CO)C(=O)NCCCN(C)CCCNC(=O)O. The largest absolute Gasteiger partial charge is 0.465 e. The van der Waals surface area contributed by atoms with Crippen molar-refractivity contribution < 1.29 is 43.8 Å². The van der Waals surface area contributed by atoms with Crippen LogP contribution >= 0.6 is 0 Å². The van der Waals surface area contributed by atoms with Crippen molar-refractivity contribution in [3.8, 4) is 0 Å². The molecule has 18 heteroatoms. The van der Waals surface area contributed by atoms with E-state index in [1.807, 2.05) is 68.3 Å². The summed E-state index contributed by atoms with van der Waals surface area (Å²) in [7, 11) is 1.88. The van der Waals surface area contributed by atoms with Crippen molar-refractivity contribution in [3.05, 3.63) is 71.3 Å². The van der Waals surface area contributed by atoms with E-state index < -0.39 is 78.4 Å². The maximum atomic E-state index is 14.1. The van der Waals surface area contributed by atoms with Crippen molar-refractivity contribution in [2.75, 3.05) is 59.5 Å². The van der Waals surface area contributed by atoms with Gasteiger partial charge in [0.15, 0.2) is 0 Å². The summed E-state index contributed by atoms with van der Waals surface area (Å²) in [4.78, 5) is 97.0. The van der Waals surface area contributed by atoms with Crippen LogP contribution in [0.4, 0.5) is 4.79 Å². The highest BCUT2D eigenvalue weighted by molar-refractivity contribution is 5.99. The monoisotopic (exact) mass is 952 g/mol. The Morgan fingerprint density at radius 3 is 1.74 bits per heavy atom. The summed E-state index contributed by atoms with van der Waals surface area (Å²) in [5.74, 6) is -3.67. The van der Waals surface area contributed by atoms with E-state index in [2.05, 4.69) is 76.7 Å². The van der Waals surface area contributed by atoms with Crippen LogP contribution in [0.1, 0.15) is 115 Å². The topological polar surface area (TPSA) is 251 Å². The molecule has 0 aliphatic heterocycles. The van der Waals surface area contributed by atoms with Crippen LogP contribution < -0.4 is 37.2 Å². The third kappa shape index (κ3) is 22.5. The van der Waals surface area contributed by atoms with Crippen molar-refractivity contribution >= 4 is 41.5 Å². The zero-order valence-corrected chi connectivity index (χ0v) is 41.9. The smallest absolute Gasteiger partial charge is 0.404 e. The van der Waals surface area contributed by atoms with Gasteiger partial charge in [0.25, 0.3) is 5.91 Å². The van der Waals surface area contributed by atoms with Crippen molar-refractivity contribution in [1.82, 2.24) is 47.0 Å². The fraction of sp³-hybridized carbons (Fsp3) is 0.620. The summed E-state index contributed by atoms with van der Waals surface area (Å²) < 4.78 is 0. The zero-order valence-electron chi connectivity index (χ0n) is 41.9. The molecule has 0 bridgehead atoms. The van der Waals surface area contributed by atoms with Crippen LogP contribution in [0.25, 0.3) is 0 Å². The molecule has 2 aromatic rings. The van der Waals surface area contributed by atoms with Crippen LogP contribution in [0.5, 0.6) is 0 Å². The predicted octanol–water partition coefficient (Wildman–Crippen LogP) is 2.93. The van der Waals surface area contributed by atoms with Gasteiger partial charge < -0.3 is 57.2 Å². The molecule has 0 fully saturated rings. The van der Waals surface area contributed by atoms with Crippen molar-refractivity contribution in [2.24, 2.45) is 5.92 Å². The van der Waals surface area contributed by atoms with Gasteiger partial charge in [-0.3, -0.25) is 28.8 Å². The van der Waals surface area contributed by atoms with E-state index >= 15 is 0 Å². The highest BCUT2D eigenvalue weighted by Crippen LogP contribution is 2.22. The second-order valence-corrected chi connectivity index (χ2v) is 18.8. The minimum absolute atomic E-state index is 0.0728. The maximum absolute atomic E-state index is 14.1. The number of nitrogens with one attached hydrogen (secondary N) is 7. The Morgan fingerprint density at radius 2 is 1.18 bits per heavy atom. The normalized spacial score (nSPS) is 13.7. The van der Waals surface area contributed by atoms with Gasteiger partial charge in [-0.25, -0.2) is 4.79 Å². The molecule has 0 radical (unpaired) electrons. The molecule has 68 heavy (non-hydrogen) atoms. The number of aliphatic hydroxyl groups is 1. The second-order valence-electron chi connectivity index (χ2n) is 18.8. The molecule has 0 saturated carbocycles. The van der Waals surface area contributed by atoms with Crippen LogP contribution in [0.2, 0.25) is 0 Å². The first-order valence-electron chi connectivity index (χ1n) is 24.1. The Labute approximate surface area is 403 Å². The van der Waals surface area contributed by atoms with Crippen LogP contribution in [0.15, 0.2) is 54.6 Å². The first-order chi connectivity index (χ1) is 32.2. The molecule has 0 aliphatic rings. The number of hydrogen-bond donors (Lipinski definition) is 9. The van der Waals surface area contributed by atoms with Gasteiger partial charge >= 0.3 is 6.09 Å². The predicted molar refractivity (Wildman–Crippen MR) is 264 cm³/mol. The Morgan fingerprint density at radius 1 is 0.618 bits per heavy atom. The minimum atomic E-state index is -1.29. The first kappa shape index (κ1) is 58.5. The summed E-state index contributed by atoms with van der Waals surface area (Å²) in [6.45, 7) is 19.2. The molecule has 0 aromatic heterocycles. The number of nitrogens with zero attached hydrogens (tertiary/aromatic N) is 2. The Kier molecular flexibility index (Phi) is 26.4. The number of amides is 7. The van der Waals surface area contributed by atoms with Crippen LogP contribution in [0, 0.1) is 5.92 Å². The van der Waals surface area contributed by atoms with E-state index in [0.717, 1.165) is 37.2 Å². The quantitative estimate of drug-likeness (QED) is 0.0498. The van der Waals surface area contributed by atoms with Gasteiger partial charge in [-0.2, -0.15) is 0 Å². The van der Waals surface area contributed by atoms with Crippen molar-refractivity contribution in [1.29, 1.82) is 0 Å². The highest BCUT2D eigenvalue weighted by atomic mass is 16.4. The molecule has 18 nitrogen and oxygen atoms in total. The van der Waals surface area contributed by atoms with E-state index in [1.165, 1.54) is 6.92 Å². The highest BCUT2D eigenvalue weighted by Gasteiger charge is 2.32. The molecule has 5 unspecified atom stereocenters. The number of carbonyl (C=O) groups is 7. The Balaban J connectivity index is 2.19. The summed E-state index contributed by atoms with van der Waals surface area (Å²) in [5, 5.41) is 37.7. The molecule has 0 aliphatic carbocycles. The van der Waals surface area contributed by atoms with Crippen molar-refractivity contribution in [2.45, 2.75) is 136 Å². The summed E-state index contributed by atoms with van der Waals surface area (Å²) in [5.41, 5.74) is 2.10. The average molecular weight is 952 g/mol. The lowest BCUT2D eigenvalue weighted by atomic mass is 9.86. The zero-order chi connectivity index (χ0) is 50.8. The van der Waals surface area contributed by atoms with E-state index in [-0.39, 0.29) is 37.1 Å². The third-order valence-corrected chi connectivity index (χ3v) is 11.6. The number of unbranched alkanes of at least 4 members (excludes halogenated alkanes) is 1. The van der Waals surface area contributed by atoms with Gasteiger partial charge in [0, 0.05) is 25.1 Å². The van der Waals surface area contributed by atoms with Gasteiger partial charge in [0.2, 0.25) is 29.5 Å². The molecule has 2 aromatic carbocycles. The van der Waals surface area contributed by atoms with Crippen LogP contribution in [0.3, 0.4) is 0 Å². The minimum Gasteiger partial charge on any atom is -0.465 e. The summed E-state index contributed by atoms with van der Waals surface area (Å²) in [6, 6.07) is 10.7. The molecule has 380 valence electrons. The third-order valence-electron chi connectivity index (χ3n) is 11.6. The first-order valence-corrected chi connectivity index (χ1v) is 24.1. The van der Waals surface area contributed by atoms with Gasteiger partial charge in [0.1, 0.15) is 30.2 Å². The van der Waals surface area contributed by atoms with Crippen molar-refractivity contribution in [3.63, 3.8) is 0 Å². The molecule has 0 heterocycles. The van der Waals surface area contributed by atoms with Crippen LogP contribution in [-0.2, 0) is 35.8 Å². The fourth-order valence-corrected chi connectivity index (χ4v) is 7.37. The lowest BCUT2D eigenvalue weighted by Gasteiger charge is -2.27. The van der Waals surface area contributed by atoms with Gasteiger partial charge in [-0.05, 0) is 120 Å². The molecule has 0 saturated heterocycles. The molecule has 9 N–H and O–H groups in total. The average Bonchev–Trinajstić information content (AvgIpc) is 3.29. The number of carboxylic acid groups (broad SMARTS) is 1. The molecule has 5 atom stereocenters. The maximum Gasteiger partial charge on any atom is 0.404 e. The molecule has 0 spiro atoms. The van der Waals surface area contributed by atoms with Gasteiger partial charge in [0.05, 0.1) is 6.61 Å². The van der Waals surface area contributed by atoms with E-state index in [1.54, 1.807) is 12.1 Å². The van der Waals surface area contributed by atoms with E-state index in [0.29, 0.717) is 44.5 Å². The van der Waals surface area contributed by atoms with E-state index in [9.17, 15) is 38.7 Å². The van der Waals surface area contributed by atoms with Crippen LogP contribution in [-0.4, -0.2) is 151 Å². The number of carbonyl (C=O) groups excluding carboxylic acids is 6. The molecule has 7 amide bonds. The Bertz CT molecular complexity index is 1870. The standard InChI is InChI=1S/C50H81N9O9/c1-10-59(11-2)30-16-15-21-39(46(64)57-42(33-60)45(63)51-26-17-28-58(9)29-18-27-52-49(67)68)54-48(66)40(31-34(3)4)55-43(61)35(5)53-47(65)41(32-36-19-13-12-14-20-36)56-44(62)37-22-24-38(25-23-37)50(6,7)8/h12-14,19-20,22-25,34-35,39-42,52,60H,10-11,15-18,21,26-33H2,1-9H3,(H,51,63)(H,53,65)(H,54,66)(H,55,61)(H,56,62)(H,57,64)(H,67,68). The number of hydrogen-bond acceptors (Lipinski definition) is 10. The molecule has 2 rings (SSSR count). The summed E-state index contributed by atoms with van der Waals surface area (Å²) >= 11 is 0. The van der Waals surface area contributed by atoms with E-state index in [4.69, 9.17) is 5.11 Å². The number of aliphatic hydroxyl groups excluding tert-OH is 1. The molecular formula is C50H81N9O9. The van der Waals surface area contributed by atoms with Gasteiger partial charge in [-0.1, -0.05) is 90.9 Å².